The molecule has 3 heterocycles. The van der Waals surface area contributed by atoms with E-state index in [9.17, 15) is 4.79 Å². The molecular weight excluding hydrogens is 304 g/mol. The second kappa shape index (κ2) is 6.06. The molecule has 0 bridgehead atoms. The average Bonchev–Trinajstić information content (AvgIpc) is 3.11. The first-order valence-corrected chi connectivity index (χ1v) is 7.49. The normalized spacial score (nSPS) is 11.5. The number of ether oxygens (including phenoxy) is 1. The highest BCUT2D eigenvalue weighted by Gasteiger charge is 2.15. The van der Waals surface area contributed by atoms with Crippen molar-refractivity contribution in [3.05, 3.63) is 45.6 Å². The quantitative estimate of drug-likeness (QED) is 0.696. The summed E-state index contributed by atoms with van der Waals surface area (Å²) in [6, 6.07) is 1.70. The van der Waals surface area contributed by atoms with Crippen LogP contribution in [0.1, 0.15) is 19.6 Å². The number of hydrogen-bond acceptors (Lipinski definition) is 7. The highest BCUT2D eigenvalue weighted by Crippen LogP contribution is 2.20. The van der Waals surface area contributed by atoms with Crippen LogP contribution < -0.4 is 10.4 Å². The van der Waals surface area contributed by atoms with Crippen LogP contribution in [0, 0.1) is 0 Å². The minimum atomic E-state index is -0.345. The van der Waals surface area contributed by atoms with Gasteiger partial charge in [0.15, 0.2) is 0 Å². The van der Waals surface area contributed by atoms with Crippen molar-refractivity contribution in [2.24, 2.45) is 7.05 Å². The number of tetrazole rings is 1. The Morgan fingerprint density at radius 2 is 2.27 bits per heavy atom. The van der Waals surface area contributed by atoms with Gasteiger partial charge in [-0.25, -0.2) is 9.78 Å². The molecule has 0 aromatic carbocycles. The molecular formula is C13H14N6O2S. The van der Waals surface area contributed by atoms with Gasteiger partial charge in [0.1, 0.15) is 6.61 Å². The van der Waals surface area contributed by atoms with Gasteiger partial charge in [0.2, 0.25) is 0 Å². The van der Waals surface area contributed by atoms with E-state index in [0.717, 1.165) is 15.9 Å². The summed E-state index contributed by atoms with van der Waals surface area (Å²) in [6.45, 7) is 2.16. The van der Waals surface area contributed by atoms with Crippen molar-refractivity contribution in [3.8, 4) is 10.9 Å². The predicted molar refractivity (Wildman–Crippen MR) is 80.2 cm³/mol. The second-order valence-electron chi connectivity index (χ2n) is 4.44. The predicted octanol–water partition coefficient (Wildman–Crippen LogP) is 0.959. The van der Waals surface area contributed by atoms with Crippen molar-refractivity contribution >= 4 is 11.3 Å². The Kier molecular flexibility index (Phi) is 3.62. The fraction of sp³-hybridized carbons (Fsp3) is 0.308. The molecule has 3 aromatic heterocycles. The molecule has 114 valence electrons. The second-order valence-corrected chi connectivity index (χ2v) is 5.26. The van der Waals surface area contributed by atoms with Gasteiger partial charge in [0.05, 0.1) is 7.06 Å². The van der Waals surface area contributed by atoms with Gasteiger partial charge in [-0.15, -0.1) is 0 Å². The lowest BCUT2D eigenvalue weighted by Crippen LogP contribution is -2.23. The highest BCUT2D eigenvalue weighted by molar-refractivity contribution is 7.11. The molecule has 0 aliphatic rings. The minimum Gasteiger partial charge on any atom is -0.465 e. The molecule has 0 aliphatic heterocycles. The average molecular weight is 320 g/mol. The molecule has 22 heavy (non-hydrogen) atoms. The number of pyridine rings is 1. The molecule has 0 saturated heterocycles. The van der Waals surface area contributed by atoms with Crippen molar-refractivity contribution in [1.82, 2.24) is 29.8 Å². The van der Waals surface area contributed by atoms with Gasteiger partial charge in [0, 0.05) is 36.1 Å². The molecule has 9 heteroatoms. The van der Waals surface area contributed by atoms with Gasteiger partial charge in [-0.05, 0) is 22.9 Å². The van der Waals surface area contributed by atoms with Crippen molar-refractivity contribution < 1.29 is 6.11 Å². The van der Waals surface area contributed by atoms with E-state index in [2.05, 4.69) is 20.4 Å². The van der Waals surface area contributed by atoms with Crippen molar-refractivity contribution in [1.29, 1.82) is 0 Å². The van der Waals surface area contributed by atoms with Crippen LogP contribution >= 0.6 is 11.3 Å². The van der Waals surface area contributed by atoms with Crippen LogP contribution in [0.5, 0.6) is 5.19 Å². The largest absolute Gasteiger partial charge is 0.465 e. The third-order valence-electron chi connectivity index (χ3n) is 3.11. The SMILES string of the molecule is [3H]c1csc(OCc2c(-n3nnn(C)c3=O)ccnc2CC)n1. The fourth-order valence-corrected chi connectivity index (χ4v) is 2.47. The maximum atomic E-state index is 12.1. The zero-order valence-electron chi connectivity index (χ0n) is 13.1. The summed E-state index contributed by atoms with van der Waals surface area (Å²) in [4.78, 5) is 20.4. The van der Waals surface area contributed by atoms with Crippen molar-refractivity contribution in [2.75, 3.05) is 0 Å². The third kappa shape index (κ3) is 2.62. The van der Waals surface area contributed by atoms with Crippen LogP contribution in [0.25, 0.3) is 5.69 Å². The molecule has 0 aliphatic carbocycles. The van der Waals surface area contributed by atoms with Crippen molar-refractivity contribution in [2.45, 2.75) is 20.0 Å². The van der Waals surface area contributed by atoms with Crippen LogP contribution in [0.3, 0.4) is 0 Å². The molecule has 0 unspecified atom stereocenters. The van der Waals surface area contributed by atoms with Crippen LogP contribution in [0.2, 0.25) is 0 Å². The van der Waals surface area contributed by atoms with Crippen LogP contribution in [-0.2, 0) is 20.1 Å². The van der Waals surface area contributed by atoms with E-state index in [4.69, 9.17) is 6.11 Å². The zero-order chi connectivity index (χ0) is 16.4. The lowest BCUT2D eigenvalue weighted by molar-refractivity contribution is 0.302. The molecule has 0 atom stereocenters. The monoisotopic (exact) mass is 320 g/mol. The molecule has 3 aromatic rings. The van der Waals surface area contributed by atoms with Gasteiger partial charge in [-0.3, -0.25) is 4.98 Å². The number of nitrogens with zero attached hydrogens (tertiary/aromatic N) is 6. The maximum Gasteiger partial charge on any atom is 0.368 e. The van der Waals surface area contributed by atoms with Gasteiger partial charge in [-0.1, -0.05) is 18.3 Å². The number of aromatic nitrogens is 6. The van der Waals surface area contributed by atoms with Crippen molar-refractivity contribution in [3.63, 3.8) is 0 Å². The Labute approximate surface area is 131 Å². The van der Waals surface area contributed by atoms with E-state index in [0.29, 0.717) is 17.3 Å². The standard InChI is InChI=1S/C13H14N6O2S/c1-3-10-9(8-21-12-15-6-7-22-12)11(4-5-14-10)19-13(20)18(2)16-17-19/h4-7H,3,8H2,1-2H3/i6T. The smallest absolute Gasteiger partial charge is 0.368 e. The van der Waals surface area contributed by atoms with E-state index < -0.39 is 0 Å². The first-order chi connectivity index (χ1) is 11.1. The van der Waals surface area contributed by atoms with Gasteiger partial charge < -0.3 is 4.74 Å². The lowest BCUT2D eigenvalue weighted by atomic mass is 10.1. The van der Waals surface area contributed by atoms with Crippen LogP contribution in [0.4, 0.5) is 0 Å². The first-order valence-electron chi connectivity index (χ1n) is 7.11. The van der Waals surface area contributed by atoms with E-state index in [-0.39, 0.29) is 18.5 Å². The molecule has 0 amide bonds. The highest BCUT2D eigenvalue weighted by atomic mass is 32.1. The third-order valence-corrected chi connectivity index (χ3v) is 3.75. The van der Waals surface area contributed by atoms with E-state index >= 15 is 0 Å². The summed E-state index contributed by atoms with van der Waals surface area (Å²) >= 11 is 1.25. The minimum absolute atomic E-state index is 0.164. The fourth-order valence-electron chi connectivity index (χ4n) is 2.03. The molecule has 3 rings (SSSR count). The summed E-state index contributed by atoms with van der Waals surface area (Å²) in [5, 5.41) is 9.60. The van der Waals surface area contributed by atoms with Crippen LogP contribution in [-0.4, -0.2) is 29.8 Å². The molecule has 0 fully saturated rings. The summed E-state index contributed by atoms with van der Waals surface area (Å²) < 4.78 is 15.4. The molecule has 0 radical (unpaired) electrons. The summed E-state index contributed by atoms with van der Waals surface area (Å²) in [5.74, 6) is 0. The Hall–Kier alpha value is -2.55. The number of aryl methyl sites for hydroxylation is 2. The number of hydrogen-bond donors (Lipinski definition) is 0. The Bertz CT molecular complexity index is 887. The molecule has 0 saturated carbocycles. The number of thiazole rings is 1. The molecule has 0 N–H and O–H groups in total. The van der Waals surface area contributed by atoms with E-state index in [1.807, 2.05) is 6.92 Å². The molecule has 8 nitrogen and oxygen atoms in total. The van der Waals surface area contributed by atoms with Gasteiger partial charge in [-0.2, -0.15) is 9.36 Å². The maximum absolute atomic E-state index is 12.1. The first kappa shape index (κ1) is 13.1. The van der Waals surface area contributed by atoms with E-state index in [1.165, 1.54) is 23.1 Å². The van der Waals surface area contributed by atoms with E-state index in [1.54, 1.807) is 17.6 Å². The van der Waals surface area contributed by atoms with Gasteiger partial charge in [0.25, 0.3) is 5.19 Å². The topological polar surface area (TPSA) is 87.7 Å². The summed E-state index contributed by atoms with van der Waals surface area (Å²) in [6.07, 6.45) is 2.48. The Morgan fingerprint density at radius 1 is 1.41 bits per heavy atom. The molecule has 0 spiro atoms. The zero-order valence-corrected chi connectivity index (χ0v) is 12.9. The Balaban J connectivity index is 2.00. The lowest BCUT2D eigenvalue weighted by Gasteiger charge is -2.12. The van der Waals surface area contributed by atoms with Gasteiger partial charge >= 0.3 is 5.69 Å². The Morgan fingerprint density at radius 3 is 2.91 bits per heavy atom. The number of rotatable bonds is 5. The summed E-state index contributed by atoms with van der Waals surface area (Å²) in [5.41, 5.74) is 1.79. The summed E-state index contributed by atoms with van der Waals surface area (Å²) in [7, 11) is 1.54. The van der Waals surface area contributed by atoms with Crippen LogP contribution in [0.15, 0.2) is 28.6 Å².